The van der Waals surface area contributed by atoms with Gasteiger partial charge in [-0.25, -0.2) is 4.98 Å². The van der Waals surface area contributed by atoms with Gasteiger partial charge >= 0.3 is 0 Å². The molecule has 0 amide bonds. The quantitative estimate of drug-likeness (QED) is 0.880. The number of pyridine rings is 1. The number of aromatic nitrogens is 2. The third-order valence-electron chi connectivity index (χ3n) is 3.71. The Morgan fingerprint density at radius 1 is 1.11 bits per heavy atom. The second-order valence-electron chi connectivity index (χ2n) is 4.92. The van der Waals surface area contributed by atoms with Gasteiger partial charge in [-0.05, 0) is 25.0 Å². The van der Waals surface area contributed by atoms with Crippen molar-refractivity contribution in [3.63, 3.8) is 0 Å². The van der Waals surface area contributed by atoms with Crippen molar-refractivity contribution in [1.82, 2.24) is 9.38 Å². The zero-order chi connectivity index (χ0) is 12.4. The van der Waals surface area contributed by atoms with Crippen LogP contribution in [0, 0.1) is 0 Å². The van der Waals surface area contributed by atoms with Crippen molar-refractivity contribution >= 4 is 11.5 Å². The maximum Gasteiger partial charge on any atom is 0.152 e. The third-order valence-corrected chi connectivity index (χ3v) is 3.71. The van der Waals surface area contributed by atoms with Crippen LogP contribution < -0.4 is 10.6 Å². The Morgan fingerprint density at radius 2 is 1.89 bits per heavy atom. The molecule has 1 saturated heterocycles. The first-order valence-electron chi connectivity index (χ1n) is 6.81. The van der Waals surface area contributed by atoms with E-state index in [1.165, 1.54) is 25.7 Å². The minimum absolute atomic E-state index is 0.539. The molecule has 1 aliphatic rings. The van der Waals surface area contributed by atoms with E-state index < -0.39 is 0 Å². The second kappa shape index (κ2) is 4.98. The molecule has 0 unspecified atom stereocenters. The first kappa shape index (κ1) is 11.5. The molecule has 0 saturated carbocycles. The minimum Gasteiger partial charge on any atom is -0.355 e. The van der Waals surface area contributed by atoms with Gasteiger partial charge in [0.05, 0.1) is 5.69 Å². The number of fused-ring (bicyclic) bond motifs is 1. The molecular formula is C14H20N4. The molecule has 4 heteroatoms. The average molecular weight is 244 g/mol. The molecule has 0 atom stereocenters. The first-order chi connectivity index (χ1) is 8.90. The maximum atomic E-state index is 5.92. The van der Waals surface area contributed by atoms with Crippen LogP contribution in [0.15, 0.2) is 24.4 Å². The standard InChI is InChI=1S/C14H20N4/c15-11-12-14(17-8-4-1-2-5-9-17)16-13-7-3-6-10-18(12)13/h3,6-7,10H,1-2,4-5,8-9,11,15H2. The van der Waals surface area contributed by atoms with Crippen LogP contribution in [0.1, 0.15) is 31.4 Å². The summed E-state index contributed by atoms with van der Waals surface area (Å²) >= 11 is 0. The van der Waals surface area contributed by atoms with Crippen LogP contribution in [0.2, 0.25) is 0 Å². The highest BCUT2D eigenvalue weighted by atomic mass is 15.2. The molecule has 1 aliphatic heterocycles. The van der Waals surface area contributed by atoms with Crippen LogP contribution in [0.5, 0.6) is 0 Å². The molecule has 18 heavy (non-hydrogen) atoms. The molecule has 3 heterocycles. The SMILES string of the molecule is NCc1c(N2CCCCCC2)nc2ccccn12. The van der Waals surface area contributed by atoms with E-state index in [1.54, 1.807) is 0 Å². The Hall–Kier alpha value is -1.55. The van der Waals surface area contributed by atoms with Gasteiger partial charge < -0.3 is 15.0 Å². The normalized spacial score (nSPS) is 17.1. The van der Waals surface area contributed by atoms with Gasteiger partial charge in [-0.2, -0.15) is 0 Å². The number of hydrogen-bond acceptors (Lipinski definition) is 3. The van der Waals surface area contributed by atoms with Crippen molar-refractivity contribution in [1.29, 1.82) is 0 Å². The molecule has 0 spiro atoms. The molecule has 0 bridgehead atoms. The van der Waals surface area contributed by atoms with E-state index in [2.05, 4.69) is 9.30 Å². The number of hydrogen-bond donors (Lipinski definition) is 1. The van der Waals surface area contributed by atoms with E-state index >= 15 is 0 Å². The van der Waals surface area contributed by atoms with E-state index in [0.29, 0.717) is 6.54 Å². The first-order valence-corrected chi connectivity index (χ1v) is 6.81. The van der Waals surface area contributed by atoms with Gasteiger partial charge in [0.25, 0.3) is 0 Å². The van der Waals surface area contributed by atoms with E-state index in [-0.39, 0.29) is 0 Å². The summed E-state index contributed by atoms with van der Waals surface area (Å²) in [5.41, 5.74) is 8.05. The lowest BCUT2D eigenvalue weighted by molar-refractivity contribution is 0.726. The Balaban J connectivity index is 2.04. The van der Waals surface area contributed by atoms with Crippen molar-refractivity contribution < 1.29 is 0 Å². The molecule has 1 fully saturated rings. The number of anilines is 1. The summed E-state index contributed by atoms with van der Waals surface area (Å²) in [6.45, 7) is 2.75. The Morgan fingerprint density at radius 3 is 2.61 bits per heavy atom. The summed E-state index contributed by atoms with van der Waals surface area (Å²) in [5.74, 6) is 1.09. The molecular weight excluding hydrogens is 224 g/mol. The van der Waals surface area contributed by atoms with Crippen LogP contribution in [-0.4, -0.2) is 22.5 Å². The van der Waals surface area contributed by atoms with Crippen LogP contribution in [0.3, 0.4) is 0 Å². The van der Waals surface area contributed by atoms with E-state index in [4.69, 9.17) is 10.7 Å². The van der Waals surface area contributed by atoms with E-state index in [1.807, 2.05) is 24.4 Å². The monoisotopic (exact) mass is 244 g/mol. The lowest BCUT2D eigenvalue weighted by atomic mass is 10.2. The Bertz CT molecular complexity index is 524. The highest BCUT2D eigenvalue weighted by Gasteiger charge is 2.18. The summed E-state index contributed by atoms with van der Waals surface area (Å²) in [7, 11) is 0. The second-order valence-corrected chi connectivity index (χ2v) is 4.92. The fraction of sp³-hybridized carbons (Fsp3) is 0.500. The number of nitrogens with two attached hydrogens (primary N) is 1. The molecule has 4 nitrogen and oxygen atoms in total. The summed E-state index contributed by atoms with van der Waals surface area (Å²) in [6.07, 6.45) is 7.24. The molecule has 0 aliphatic carbocycles. The van der Waals surface area contributed by atoms with Gasteiger partial charge in [-0.1, -0.05) is 18.9 Å². The maximum absolute atomic E-state index is 5.92. The predicted molar refractivity (Wildman–Crippen MR) is 73.8 cm³/mol. The molecule has 3 rings (SSSR count). The molecule has 0 radical (unpaired) electrons. The largest absolute Gasteiger partial charge is 0.355 e. The minimum atomic E-state index is 0.539. The molecule has 96 valence electrons. The number of rotatable bonds is 2. The van der Waals surface area contributed by atoms with Gasteiger partial charge in [0.15, 0.2) is 5.82 Å². The van der Waals surface area contributed by atoms with Crippen molar-refractivity contribution in [2.24, 2.45) is 5.73 Å². The smallest absolute Gasteiger partial charge is 0.152 e. The van der Waals surface area contributed by atoms with Gasteiger partial charge in [-0.15, -0.1) is 0 Å². The topological polar surface area (TPSA) is 46.6 Å². The lowest BCUT2D eigenvalue weighted by Gasteiger charge is -2.21. The zero-order valence-corrected chi connectivity index (χ0v) is 10.7. The van der Waals surface area contributed by atoms with Crippen molar-refractivity contribution in [2.45, 2.75) is 32.2 Å². The zero-order valence-electron chi connectivity index (χ0n) is 10.7. The molecule has 2 aromatic heterocycles. The Kier molecular flexibility index (Phi) is 3.19. The van der Waals surface area contributed by atoms with E-state index in [9.17, 15) is 0 Å². The average Bonchev–Trinajstić information content (AvgIpc) is 2.59. The summed E-state index contributed by atoms with van der Waals surface area (Å²) in [4.78, 5) is 7.16. The van der Waals surface area contributed by atoms with Gasteiger partial charge in [-0.3, -0.25) is 0 Å². The van der Waals surface area contributed by atoms with Gasteiger partial charge in [0.1, 0.15) is 5.65 Å². The summed E-state index contributed by atoms with van der Waals surface area (Å²) in [6, 6.07) is 6.09. The molecule has 0 aromatic carbocycles. The van der Waals surface area contributed by atoms with Crippen molar-refractivity contribution in [3.05, 3.63) is 30.1 Å². The van der Waals surface area contributed by atoms with Crippen LogP contribution in [0.4, 0.5) is 5.82 Å². The highest BCUT2D eigenvalue weighted by Crippen LogP contribution is 2.24. The number of nitrogens with zero attached hydrogens (tertiary/aromatic N) is 3. The van der Waals surface area contributed by atoms with Crippen molar-refractivity contribution in [3.8, 4) is 0 Å². The summed E-state index contributed by atoms with van der Waals surface area (Å²) in [5, 5.41) is 0. The van der Waals surface area contributed by atoms with Crippen LogP contribution in [-0.2, 0) is 6.54 Å². The summed E-state index contributed by atoms with van der Waals surface area (Å²) < 4.78 is 2.11. The Labute approximate surface area is 107 Å². The predicted octanol–water partition coefficient (Wildman–Crippen LogP) is 2.17. The van der Waals surface area contributed by atoms with E-state index in [0.717, 1.165) is 30.2 Å². The lowest BCUT2D eigenvalue weighted by Crippen LogP contribution is -2.26. The van der Waals surface area contributed by atoms with Gasteiger partial charge in [0.2, 0.25) is 0 Å². The fourth-order valence-electron chi connectivity index (χ4n) is 2.76. The highest BCUT2D eigenvalue weighted by molar-refractivity contribution is 5.56. The van der Waals surface area contributed by atoms with Crippen LogP contribution in [0.25, 0.3) is 5.65 Å². The van der Waals surface area contributed by atoms with Gasteiger partial charge in [0, 0.05) is 25.8 Å². The van der Waals surface area contributed by atoms with Crippen LogP contribution >= 0.6 is 0 Å². The fourth-order valence-corrected chi connectivity index (χ4v) is 2.76. The third kappa shape index (κ3) is 1.97. The number of imidazole rings is 1. The molecule has 2 aromatic rings. The molecule has 2 N–H and O–H groups in total. The van der Waals surface area contributed by atoms with Crippen molar-refractivity contribution in [2.75, 3.05) is 18.0 Å².